The van der Waals surface area contributed by atoms with Crippen molar-refractivity contribution in [2.24, 2.45) is 7.05 Å². The van der Waals surface area contributed by atoms with Gasteiger partial charge in [-0.2, -0.15) is 5.10 Å². The second-order valence-electron chi connectivity index (χ2n) is 3.93. The first kappa shape index (κ1) is 10.7. The Morgan fingerprint density at radius 3 is 2.81 bits per heavy atom. The van der Waals surface area contributed by atoms with E-state index in [0.717, 1.165) is 30.3 Å². The minimum atomic E-state index is 0.882. The van der Waals surface area contributed by atoms with Crippen molar-refractivity contribution in [3.05, 3.63) is 24.3 Å². The summed E-state index contributed by atoms with van der Waals surface area (Å²) in [5.41, 5.74) is 1.99. The molecule has 86 valence electrons. The Balaban J connectivity index is 2.19. The zero-order valence-electron chi connectivity index (χ0n) is 9.94. The molecular formula is C11H17N5. The maximum absolute atomic E-state index is 4.45. The number of nitrogens with one attached hydrogen (secondary N) is 1. The summed E-state index contributed by atoms with van der Waals surface area (Å²) >= 11 is 0. The van der Waals surface area contributed by atoms with Crippen LogP contribution in [0.25, 0.3) is 0 Å². The van der Waals surface area contributed by atoms with Crippen LogP contribution in [0.3, 0.4) is 0 Å². The highest BCUT2D eigenvalue weighted by atomic mass is 15.3. The van der Waals surface area contributed by atoms with Crippen molar-refractivity contribution in [3.63, 3.8) is 0 Å². The summed E-state index contributed by atoms with van der Waals surface area (Å²) in [6.07, 6.45) is 6.88. The van der Waals surface area contributed by atoms with E-state index >= 15 is 0 Å². The largest absolute Gasteiger partial charge is 0.323 e. The van der Waals surface area contributed by atoms with E-state index in [1.54, 1.807) is 10.9 Å². The molecule has 0 saturated carbocycles. The Labute approximate surface area is 95.1 Å². The van der Waals surface area contributed by atoms with Gasteiger partial charge >= 0.3 is 0 Å². The zero-order valence-corrected chi connectivity index (χ0v) is 9.94. The number of aromatic nitrogens is 4. The molecule has 5 heteroatoms. The first-order valence-electron chi connectivity index (χ1n) is 5.48. The molecule has 0 amide bonds. The van der Waals surface area contributed by atoms with E-state index in [4.69, 9.17) is 0 Å². The number of hydrogen-bond donors (Lipinski definition) is 1. The summed E-state index contributed by atoms with van der Waals surface area (Å²) in [6, 6.07) is 0. The number of rotatable bonds is 4. The first-order chi connectivity index (χ1) is 7.69. The Bertz CT molecular complexity index is 468. The fraction of sp³-hybridized carbons (Fsp3) is 0.455. The molecule has 0 fully saturated rings. The summed E-state index contributed by atoms with van der Waals surface area (Å²) in [7, 11) is 1.90. The molecule has 2 aromatic rings. The zero-order chi connectivity index (χ0) is 11.5. The molecule has 1 N–H and O–H groups in total. The highest BCUT2D eigenvalue weighted by Gasteiger charge is 2.05. The van der Waals surface area contributed by atoms with E-state index in [0.29, 0.717) is 0 Å². The lowest BCUT2D eigenvalue weighted by atomic mass is 10.5. The number of anilines is 2. The Morgan fingerprint density at radius 1 is 1.38 bits per heavy atom. The van der Waals surface area contributed by atoms with E-state index in [-0.39, 0.29) is 0 Å². The van der Waals surface area contributed by atoms with Gasteiger partial charge in [0.2, 0.25) is 5.95 Å². The van der Waals surface area contributed by atoms with Gasteiger partial charge in [-0.05, 0) is 13.3 Å². The third kappa shape index (κ3) is 2.24. The predicted octanol–water partition coefficient (Wildman–Crippen LogP) is 2.08. The summed E-state index contributed by atoms with van der Waals surface area (Å²) in [4.78, 5) is 4.45. The minimum absolute atomic E-state index is 0.882. The van der Waals surface area contributed by atoms with Crippen molar-refractivity contribution in [3.8, 4) is 0 Å². The number of hydrogen-bond acceptors (Lipinski definition) is 3. The Kier molecular flexibility index (Phi) is 2.94. The maximum Gasteiger partial charge on any atom is 0.207 e. The lowest BCUT2D eigenvalue weighted by Crippen LogP contribution is -2.02. The number of nitrogens with zero attached hydrogens (tertiary/aromatic N) is 4. The first-order valence-corrected chi connectivity index (χ1v) is 5.48. The minimum Gasteiger partial charge on any atom is -0.323 e. The van der Waals surface area contributed by atoms with Crippen LogP contribution in [0.5, 0.6) is 0 Å². The number of aryl methyl sites for hydroxylation is 3. The van der Waals surface area contributed by atoms with Crippen LogP contribution in [-0.4, -0.2) is 19.3 Å². The van der Waals surface area contributed by atoms with Gasteiger partial charge in [0.25, 0.3) is 0 Å². The van der Waals surface area contributed by atoms with Gasteiger partial charge in [-0.1, -0.05) is 6.92 Å². The van der Waals surface area contributed by atoms with Gasteiger partial charge < -0.3 is 9.88 Å². The van der Waals surface area contributed by atoms with Crippen molar-refractivity contribution in [1.82, 2.24) is 19.3 Å². The van der Waals surface area contributed by atoms with Gasteiger partial charge in [0.05, 0.1) is 17.6 Å². The van der Waals surface area contributed by atoms with Gasteiger partial charge in [0.1, 0.15) is 0 Å². The van der Waals surface area contributed by atoms with Crippen LogP contribution in [0.15, 0.2) is 18.6 Å². The van der Waals surface area contributed by atoms with Crippen molar-refractivity contribution in [2.75, 3.05) is 5.32 Å². The van der Waals surface area contributed by atoms with E-state index in [2.05, 4.69) is 33.1 Å². The molecule has 0 aliphatic heterocycles. The quantitative estimate of drug-likeness (QED) is 0.856. The fourth-order valence-corrected chi connectivity index (χ4v) is 1.67. The summed E-state index contributed by atoms with van der Waals surface area (Å²) < 4.78 is 3.89. The van der Waals surface area contributed by atoms with Crippen LogP contribution < -0.4 is 5.32 Å². The van der Waals surface area contributed by atoms with Crippen LogP contribution in [0.4, 0.5) is 11.6 Å². The highest BCUT2D eigenvalue weighted by Crippen LogP contribution is 2.15. The lowest BCUT2D eigenvalue weighted by Gasteiger charge is -2.06. The van der Waals surface area contributed by atoms with Crippen LogP contribution in [-0.2, 0) is 13.6 Å². The van der Waals surface area contributed by atoms with E-state index in [1.165, 1.54) is 0 Å². The summed E-state index contributed by atoms with van der Waals surface area (Å²) in [6.45, 7) is 5.13. The van der Waals surface area contributed by atoms with Gasteiger partial charge in [-0.3, -0.25) is 4.68 Å². The number of imidazole rings is 1. The molecule has 0 aliphatic rings. The van der Waals surface area contributed by atoms with Crippen LogP contribution in [0, 0.1) is 6.92 Å². The van der Waals surface area contributed by atoms with Gasteiger partial charge in [0.15, 0.2) is 0 Å². The molecule has 0 aliphatic carbocycles. The van der Waals surface area contributed by atoms with Crippen molar-refractivity contribution >= 4 is 11.6 Å². The summed E-state index contributed by atoms with van der Waals surface area (Å²) in [5.74, 6) is 0.882. The molecule has 0 aromatic carbocycles. The lowest BCUT2D eigenvalue weighted by molar-refractivity contribution is 0.686. The fourth-order valence-electron chi connectivity index (χ4n) is 1.67. The molecule has 0 unspecified atom stereocenters. The smallest absolute Gasteiger partial charge is 0.207 e. The second kappa shape index (κ2) is 4.38. The molecule has 0 radical (unpaired) electrons. The van der Waals surface area contributed by atoms with E-state index in [1.807, 2.05) is 20.2 Å². The Hall–Kier alpha value is -1.78. The Morgan fingerprint density at radius 2 is 2.19 bits per heavy atom. The molecule has 0 spiro atoms. The third-order valence-corrected chi connectivity index (χ3v) is 2.32. The molecular weight excluding hydrogens is 202 g/mol. The van der Waals surface area contributed by atoms with Gasteiger partial charge in [-0.25, -0.2) is 4.98 Å². The van der Waals surface area contributed by atoms with Gasteiger partial charge in [-0.15, -0.1) is 0 Å². The van der Waals surface area contributed by atoms with E-state index < -0.39 is 0 Å². The van der Waals surface area contributed by atoms with Crippen molar-refractivity contribution < 1.29 is 0 Å². The SMILES string of the molecule is CCCn1cc(C)nc1Nc1cnn(C)c1. The average molecular weight is 219 g/mol. The molecule has 2 aromatic heterocycles. The van der Waals surface area contributed by atoms with Gasteiger partial charge in [0, 0.05) is 26.0 Å². The third-order valence-electron chi connectivity index (χ3n) is 2.32. The summed E-state index contributed by atoms with van der Waals surface area (Å²) in [5, 5.41) is 7.38. The monoisotopic (exact) mass is 219 g/mol. The predicted molar refractivity (Wildman–Crippen MR) is 63.7 cm³/mol. The van der Waals surface area contributed by atoms with E-state index in [9.17, 15) is 0 Å². The van der Waals surface area contributed by atoms with Crippen LogP contribution >= 0.6 is 0 Å². The molecule has 0 saturated heterocycles. The maximum atomic E-state index is 4.45. The molecule has 0 atom stereocenters. The van der Waals surface area contributed by atoms with Crippen LogP contribution in [0.2, 0.25) is 0 Å². The second-order valence-corrected chi connectivity index (χ2v) is 3.93. The average Bonchev–Trinajstić information content (AvgIpc) is 2.76. The molecule has 5 nitrogen and oxygen atoms in total. The normalized spacial score (nSPS) is 10.7. The van der Waals surface area contributed by atoms with Crippen LogP contribution in [0.1, 0.15) is 19.0 Å². The molecule has 16 heavy (non-hydrogen) atoms. The molecule has 2 heterocycles. The molecule has 2 rings (SSSR count). The molecule has 0 bridgehead atoms. The van der Waals surface area contributed by atoms with Crippen molar-refractivity contribution in [1.29, 1.82) is 0 Å². The highest BCUT2D eigenvalue weighted by molar-refractivity contribution is 5.51. The van der Waals surface area contributed by atoms with Crippen molar-refractivity contribution in [2.45, 2.75) is 26.8 Å². The topological polar surface area (TPSA) is 47.7 Å². The standard InChI is InChI=1S/C11H17N5/c1-4-5-16-7-9(2)13-11(16)14-10-6-12-15(3)8-10/h6-8H,4-5H2,1-3H3,(H,13,14).